The van der Waals surface area contributed by atoms with Crippen molar-refractivity contribution in [1.29, 1.82) is 0 Å². The highest BCUT2D eigenvalue weighted by molar-refractivity contribution is 7.84. The molecule has 1 aliphatic carbocycles. The normalized spacial score (nSPS) is 19.9. The van der Waals surface area contributed by atoms with Crippen LogP contribution >= 0.6 is 11.3 Å². The van der Waals surface area contributed by atoms with Gasteiger partial charge in [-0.2, -0.15) is 21.6 Å². The van der Waals surface area contributed by atoms with Gasteiger partial charge in [0.2, 0.25) is 5.78 Å². The number of carbonyl (C=O) groups excluding carboxylic acids is 1. The lowest BCUT2D eigenvalue weighted by atomic mass is 9.96. The van der Waals surface area contributed by atoms with Crippen LogP contribution < -0.4 is 5.14 Å². The summed E-state index contributed by atoms with van der Waals surface area (Å²) in [5.74, 6) is -0.759. The van der Waals surface area contributed by atoms with Gasteiger partial charge < -0.3 is 9.67 Å². The maximum Gasteiger partial charge on any atom is 0.416 e. The van der Waals surface area contributed by atoms with Crippen molar-refractivity contribution in [3.63, 3.8) is 0 Å². The minimum atomic E-state index is -4.45. The number of halogens is 3. The number of benzene rings is 1. The van der Waals surface area contributed by atoms with Crippen LogP contribution in [0.15, 0.2) is 54.4 Å². The fraction of sp³-hybridized carbons (Fsp3) is 0.346. The molecule has 0 unspecified atom stereocenters. The number of fused-ring (bicyclic) bond motifs is 1. The maximum atomic E-state index is 13.4. The highest BCUT2D eigenvalue weighted by Gasteiger charge is 2.35. The fourth-order valence-corrected chi connectivity index (χ4v) is 6.35. The van der Waals surface area contributed by atoms with Crippen molar-refractivity contribution in [1.82, 2.24) is 14.5 Å². The summed E-state index contributed by atoms with van der Waals surface area (Å²) in [5.41, 5.74) is 1.31. The zero-order valence-corrected chi connectivity index (χ0v) is 22.5. The Morgan fingerprint density at radius 2 is 2.02 bits per heavy atom. The number of thiophene rings is 1. The van der Waals surface area contributed by atoms with E-state index in [4.69, 9.17) is 5.14 Å². The predicted octanol–water partition coefficient (Wildman–Crippen LogP) is 3.94. The molecule has 1 fully saturated rings. The smallest absolute Gasteiger partial charge is 0.393 e. The molecule has 212 valence electrons. The molecule has 3 aromatic heterocycles. The summed E-state index contributed by atoms with van der Waals surface area (Å²) in [7, 11) is -4.12. The SMILES string of the molecule is NS(=O)(=O)OC[C@H]1C[C@@H](Cc2ncncc2C(=O)c2cc(Cn3ccc4ccc(C(F)(F)F)cc43)cs2)C[C@@H]1O. The third-order valence-electron chi connectivity index (χ3n) is 7.05. The summed E-state index contributed by atoms with van der Waals surface area (Å²) >= 11 is 1.22. The first-order chi connectivity index (χ1) is 18.9. The van der Waals surface area contributed by atoms with Gasteiger partial charge in [-0.05, 0) is 65.8 Å². The van der Waals surface area contributed by atoms with Gasteiger partial charge in [0.15, 0.2) is 0 Å². The van der Waals surface area contributed by atoms with E-state index >= 15 is 0 Å². The predicted molar refractivity (Wildman–Crippen MR) is 141 cm³/mol. The van der Waals surface area contributed by atoms with Crippen LogP contribution in [0, 0.1) is 11.8 Å². The second kappa shape index (κ2) is 11.0. The number of nitrogens with two attached hydrogens (primary N) is 1. The molecule has 0 radical (unpaired) electrons. The number of carbonyl (C=O) groups is 1. The molecule has 1 aliphatic rings. The van der Waals surface area contributed by atoms with Crippen LogP contribution in [0.25, 0.3) is 10.9 Å². The van der Waals surface area contributed by atoms with Crippen molar-refractivity contribution in [3.05, 3.63) is 81.7 Å². The quantitative estimate of drug-likeness (QED) is 0.280. The summed E-state index contributed by atoms with van der Waals surface area (Å²) in [4.78, 5) is 22.2. The van der Waals surface area contributed by atoms with E-state index in [9.17, 15) is 31.5 Å². The Morgan fingerprint density at radius 3 is 2.77 bits per heavy atom. The summed E-state index contributed by atoms with van der Waals surface area (Å²) in [6.45, 7) is 0.0624. The van der Waals surface area contributed by atoms with Gasteiger partial charge in [-0.15, -0.1) is 11.3 Å². The second-order valence-electron chi connectivity index (χ2n) is 9.89. The summed E-state index contributed by atoms with van der Waals surface area (Å²) in [5, 5.41) is 17.7. The molecule has 40 heavy (non-hydrogen) atoms. The molecule has 5 rings (SSSR count). The standard InChI is InChI=1S/C26H25F3N4O5S2/c27-26(28,29)19-2-1-17-3-4-33(22(17)9-19)11-16-8-24(39-13-16)25(35)20-10-31-14-32-21(20)6-15-5-18(23(34)7-15)12-38-40(30,36)37/h1-4,8-10,13-15,18,23,34H,5-7,11-12H2,(H2,30,36,37)/t15-,18+,23-/m0/s1. The van der Waals surface area contributed by atoms with Gasteiger partial charge in [0.25, 0.3) is 0 Å². The molecule has 9 nitrogen and oxygen atoms in total. The Labute approximate surface area is 231 Å². The lowest BCUT2D eigenvalue weighted by Gasteiger charge is -2.13. The molecular formula is C26H25F3N4O5S2. The molecule has 14 heteroatoms. The monoisotopic (exact) mass is 594 g/mol. The van der Waals surface area contributed by atoms with Gasteiger partial charge in [-0.3, -0.25) is 8.98 Å². The Hall–Kier alpha value is -3.17. The van der Waals surface area contributed by atoms with E-state index in [0.717, 1.165) is 17.7 Å². The molecule has 4 aromatic rings. The summed E-state index contributed by atoms with van der Waals surface area (Å²) in [6.07, 6.45) is 0.506. The van der Waals surface area contributed by atoms with Gasteiger partial charge in [0, 0.05) is 30.4 Å². The average Bonchev–Trinajstić information content (AvgIpc) is 3.61. The average molecular weight is 595 g/mol. The largest absolute Gasteiger partial charge is 0.416 e. The first-order valence-corrected chi connectivity index (χ1v) is 14.6. The summed E-state index contributed by atoms with van der Waals surface area (Å²) < 4.78 is 68.2. The van der Waals surface area contributed by atoms with Crippen LogP contribution in [-0.4, -0.2) is 46.6 Å². The molecular weight excluding hydrogens is 569 g/mol. The first kappa shape index (κ1) is 28.4. The molecule has 1 aromatic carbocycles. The molecule has 0 amide bonds. The van der Waals surface area contributed by atoms with Crippen LogP contribution in [-0.2, 0) is 33.6 Å². The third-order valence-corrected chi connectivity index (χ3v) is 8.50. The molecule has 0 aliphatic heterocycles. The van der Waals surface area contributed by atoms with Crippen LogP contribution in [0.5, 0.6) is 0 Å². The van der Waals surface area contributed by atoms with E-state index < -0.39 is 34.1 Å². The maximum absolute atomic E-state index is 13.4. The second-order valence-corrected chi connectivity index (χ2v) is 12.0. The minimum Gasteiger partial charge on any atom is -0.393 e. The molecule has 0 bridgehead atoms. The first-order valence-electron chi connectivity index (χ1n) is 12.3. The van der Waals surface area contributed by atoms with E-state index in [1.807, 2.05) is 0 Å². The zero-order chi connectivity index (χ0) is 28.7. The van der Waals surface area contributed by atoms with E-state index in [2.05, 4.69) is 14.2 Å². The van der Waals surface area contributed by atoms with Gasteiger partial charge >= 0.3 is 16.5 Å². The van der Waals surface area contributed by atoms with Crippen molar-refractivity contribution >= 4 is 38.3 Å². The lowest BCUT2D eigenvalue weighted by Crippen LogP contribution is -2.24. The van der Waals surface area contributed by atoms with Crippen LogP contribution in [0.1, 0.15) is 44.9 Å². The number of hydrogen-bond acceptors (Lipinski definition) is 8. The van der Waals surface area contributed by atoms with E-state index in [0.29, 0.717) is 46.3 Å². The van der Waals surface area contributed by atoms with Crippen molar-refractivity contribution < 1.29 is 35.7 Å². The van der Waals surface area contributed by atoms with Gasteiger partial charge in [0.05, 0.1) is 34.4 Å². The minimum absolute atomic E-state index is 0.0620. The lowest BCUT2D eigenvalue weighted by molar-refractivity contribution is -0.137. The number of ketones is 1. The fourth-order valence-electron chi connectivity index (χ4n) is 5.13. The van der Waals surface area contributed by atoms with E-state index in [-0.39, 0.29) is 24.9 Å². The number of alkyl halides is 3. The number of hydrogen-bond donors (Lipinski definition) is 2. The highest BCUT2D eigenvalue weighted by atomic mass is 32.2. The molecule has 0 saturated heterocycles. The number of nitrogens with zero attached hydrogens (tertiary/aromatic N) is 3. The summed E-state index contributed by atoms with van der Waals surface area (Å²) in [6, 6.07) is 7.06. The number of aromatic nitrogens is 3. The zero-order valence-electron chi connectivity index (χ0n) is 20.9. The van der Waals surface area contributed by atoms with Gasteiger partial charge in [-0.25, -0.2) is 15.1 Å². The molecule has 3 heterocycles. The van der Waals surface area contributed by atoms with Gasteiger partial charge in [0.1, 0.15) is 6.33 Å². The van der Waals surface area contributed by atoms with Crippen LogP contribution in [0.3, 0.4) is 0 Å². The van der Waals surface area contributed by atoms with E-state index in [1.54, 1.807) is 28.3 Å². The molecule has 0 spiro atoms. The number of aliphatic hydroxyl groups is 1. The van der Waals surface area contributed by atoms with Gasteiger partial charge in [-0.1, -0.05) is 6.07 Å². The Kier molecular flexibility index (Phi) is 7.81. The van der Waals surface area contributed by atoms with Crippen LogP contribution in [0.2, 0.25) is 0 Å². The molecule has 3 atom stereocenters. The Balaban J connectivity index is 1.30. The Morgan fingerprint density at radius 1 is 1.23 bits per heavy atom. The molecule has 1 saturated carbocycles. The van der Waals surface area contributed by atoms with Crippen molar-refractivity contribution in [2.24, 2.45) is 17.0 Å². The highest BCUT2D eigenvalue weighted by Crippen LogP contribution is 2.35. The Bertz CT molecular complexity index is 1650. The topological polar surface area (TPSA) is 137 Å². The van der Waals surface area contributed by atoms with Crippen LogP contribution in [0.4, 0.5) is 13.2 Å². The number of aliphatic hydroxyl groups excluding tert-OH is 1. The van der Waals surface area contributed by atoms with Crippen molar-refractivity contribution in [3.8, 4) is 0 Å². The van der Waals surface area contributed by atoms with Crippen molar-refractivity contribution in [2.75, 3.05) is 6.61 Å². The third kappa shape index (κ3) is 6.41. The van der Waals surface area contributed by atoms with E-state index in [1.165, 1.54) is 29.9 Å². The number of rotatable bonds is 9. The molecule has 3 N–H and O–H groups in total. The van der Waals surface area contributed by atoms with Crippen molar-refractivity contribution in [2.45, 2.75) is 38.1 Å².